The smallest absolute Gasteiger partial charge is 0.410 e. The minimum absolute atomic E-state index is 0.000463. The Hall–Kier alpha value is -2.82. The van der Waals surface area contributed by atoms with Crippen LogP contribution in [0.3, 0.4) is 0 Å². The number of carbonyl (C=O) groups excluding carboxylic acids is 1. The lowest BCUT2D eigenvalue weighted by molar-refractivity contribution is -0.142. The Morgan fingerprint density at radius 2 is 1.59 bits per heavy atom. The van der Waals surface area contributed by atoms with Crippen LogP contribution in [0, 0.1) is 5.92 Å². The number of hydrogen-bond acceptors (Lipinski definition) is 3. The molecule has 2 aliphatic carbocycles. The summed E-state index contributed by atoms with van der Waals surface area (Å²) in [5, 5.41) is 9.67. The summed E-state index contributed by atoms with van der Waals surface area (Å²) in [6.45, 7) is 0.229. The molecule has 3 atom stereocenters. The van der Waals surface area contributed by atoms with E-state index in [-0.39, 0.29) is 24.5 Å². The van der Waals surface area contributed by atoms with Gasteiger partial charge in [0.2, 0.25) is 0 Å². The number of hydrogen-bond donors (Lipinski definition) is 1. The lowest BCUT2D eigenvalue weighted by Crippen LogP contribution is -2.46. The first kappa shape index (κ1) is 18.2. The highest BCUT2D eigenvalue weighted by Crippen LogP contribution is 2.45. The Balaban J connectivity index is 1.37. The third-order valence-electron chi connectivity index (χ3n) is 6.92. The molecule has 5 heteroatoms. The van der Waals surface area contributed by atoms with Crippen molar-refractivity contribution in [2.75, 3.05) is 6.61 Å². The maximum Gasteiger partial charge on any atom is 0.410 e. The van der Waals surface area contributed by atoms with Gasteiger partial charge in [0.25, 0.3) is 0 Å². The molecule has 0 bridgehead atoms. The minimum Gasteiger partial charge on any atom is -0.480 e. The fourth-order valence-electron chi connectivity index (χ4n) is 5.61. The van der Waals surface area contributed by atoms with Gasteiger partial charge in [-0.1, -0.05) is 61.4 Å². The van der Waals surface area contributed by atoms with Gasteiger partial charge >= 0.3 is 12.1 Å². The maximum absolute atomic E-state index is 13.0. The van der Waals surface area contributed by atoms with Crippen molar-refractivity contribution in [3.8, 4) is 11.1 Å². The van der Waals surface area contributed by atoms with E-state index < -0.39 is 18.1 Å². The lowest BCUT2D eigenvalue weighted by Gasteiger charge is -2.32. The molecular weight excluding hydrogens is 366 g/mol. The van der Waals surface area contributed by atoms with Crippen molar-refractivity contribution >= 4 is 12.1 Å². The molecule has 29 heavy (non-hydrogen) atoms. The molecule has 1 N–H and O–H groups in total. The van der Waals surface area contributed by atoms with E-state index >= 15 is 0 Å². The molecule has 5 rings (SSSR count). The van der Waals surface area contributed by atoms with Crippen LogP contribution in [-0.4, -0.2) is 40.8 Å². The van der Waals surface area contributed by atoms with Crippen LogP contribution in [0.2, 0.25) is 0 Å². The van der Waals surface area contributed by atoms with Crippen molar-refractivity contribution in [3.63, 3.8) is 0 Å². The third kappa shape index (κ3) is 3.00. The van der Waals surface area contributed by atoms with Gasteiger partial charge in [-0.3, -0.25) is 4.90 Å². The first-order valence-corrected chi connectivity index (χ1v) is 10.5. The number of likely N-dealkylation sites (tertiary alicyclic amines) is 1. The molecule has 0 spiro atoms. The van der Waals surface area contributed by atoms with Crippen LogP contribution < -0.4 is 0 Å². The number of carboxylic acid groups (broad SMARTS) is 1. The number of amides is 1. The molecule has 1 aliphatic heterocycles. The zero-order chi connectivity index (χ0) is 20.0. The highest BCUT2D eigenvalue weighted by molar-refractivity contribution is 5.82. The number of fused-ring (bicyclic) bond motifs is 4. The second kappa shape index (κ2) is 7.21. The minimum atomic E-state index is -0.923. The summed E-state index contributed by atoms with van der Waals surface area (Å²) in [6.07, 6.45) is 4.10. The summed E-state index contributed by atoms with van der Waals surface area (Å²) >= 11 is 0. The highest BCUT2D eigenvalue weighted by Gasteiger charge is 2.48. The van der Waals surface area contributed by atoms with Crippen LogP contribution in [0.4, 0.5) is 4.79 Å². The molecule has 3 aliphatic rings. The largest absolute Gasteiger partial charge is 0.480 e. The quantitative estimate of drug-likeness (QED) is 0.827. The number of aliphatic carboxylic acids is 1. The van der Waals surface area contributed by atoms with Gasteiger partial charge in [0.15, 0.2) is 0 Å². The Labute approximate surface area is 170 Å². The third-order valence-corrected chi connectivity index (χ3v) is 6.92. The van der Waals surface area contributed by atoms with Crippen molar-refractivity contribution in [3.05, 3.63) is 59.7 Å². The van der Waals surface area contributed by atoms with Gasteiger partial charge in [-0.25, -0.2) is 9.59 Å². The lowest BCUT2D eigenvalue weighted by atomic mass is 9.85. The Morgan fingerprint density at radius 3 is 2.24 bits per heavy atom. The van der Waals surface area contributed by atoms with Gasteiger partial charge in [-0.2, -0.15) is 0 Å². The Kier molecular flexibility index (Phi) is 4.53. The van der Waals surface area contributed by atoms with E-state index in [1.54, 1.807) is 0 Å². The maximum atomic E-state index is 13.0. The number of rotatable bonds is 3. The van der Waals surface area contributed by atoms with Crippen molar-refractivity contribution in [1.82, 2.24) is 4.90 Å². The van der Waals surface area contributed by atoms with E-state index in [4.69, 9.17) is 4.74 Å². The molecule has 0 aromatic heterocycles. The van der Waals surface area contributed by atoms with Crippen LogP contribution in [0.15, 0.2) is 48.5 Å². The second-order valence-corrected chi connectivity index (χ2v) is 8.41. The predicted octanol–water partition coefficient (Wildman–Crippen LogP) is 4.65. The van der Waals surface area contributed by atoms with Crippen molar-refractivity contribution in [1.29, 1.82) is 0 Å². The van der Waals surface area contributed by atoms with Gasteiger partial charge in [-0.15, -0.1) is 0 Å². The molecule has 2 aromatic rings. The topological polar surface area (TPSA) is 66.8 Å². The summed E-state index contributed by atoms with van der Waals surface area (Å²) < 4.78 is 5.78. The Morgan fingerprint density at radius 1 is 0.966 bits per heavy atom. The normalized spacial score (nSPS) is 25.2. The standard InChI is InChI=1S/C24H25NO4/c26-23(27)22-13-15-7-1-6-12-21(15)25(22)24(28)29-14-20-18-10-4-2-8-16(18)17-9-3-5-11-19(17)20/h2-5,8-11,15,20-22H,1,6-7,12-14H2,(H,26,27)/t15-,21+,22-/m1/s1. The van der Waals surface area contributed by atoms with Crippen LogP contribution in [0.5, 0.6) is 0 Å². The number of carbonyl (C=O) groups is 2. The second-order valence-electron chi connectivity index (χ2n) is 8.41. The van der Waals surface area contributed by atoms with Gasteiger partial charge in [0.05, 0.1) is 0 Å². The zero-order valence-corrected chi connectivity index (χ0v) is 16.3. The van der Waals surface area contributed by atoms with Gasteiger partial charge in [-0.05, 0) is 47.4 Å². The van der Waals surface area contributed by atoms with Crippen LogP contribution in [-0.2, 0) is 9.53 Å². The molecule has 0 unspecified atom stereocenters. The molecule has 0 radical (unpaired) electrons. The number of nitrogens with zero attached hydrogens (tertiary/aromatic N) is 1. The Bertz CT molecular complexity index is 910. The fourth-order valence-corrected chi connectivity index (χ4v) is 5.61. The van der Waals surface area contributed by atoms with E-state index in [1.807, 2.05) is 24.3 Å². The molecule has 2 fully saturated rings. The molecule has 1 heterocycles. The average molecular weight is 391 g/mol. The molecule has 1 amide bonds. The van der Waals surface area contributed by atoms with Gasteiger partial charge in [0.1, 0.15) is 12.6 Å². The molecular formula is C24H25NO4. The van der Waals surface area contributed by atoms with E-state index in [2.05, 4.69) is 24.3 Å². The summed E-state index contributed by atoms with van der Waals surface area (Å²) in [5.74, 6) is -0.655. The molecule has 2 aromatic carbocycles. The summed E-state index contributed by atoms with van der Waals surface area (Å²) in [7, 11) is 0. The van der Waals surface area contributed by atoms with Crippen molar-refractivity contribution in [2.24, 2.45) is 5.92 Å². The summed E-state index contributed by atoms with van der Waals surface area (Å²) in [4.78, 5) is 26.4. The first-order chi connectivity index (χ1) is 14.1. The number of ether oxygens (including phenoxy) is 1. The molecule has 5 nitrogen and oxygen atoms in total. The molecule has 1 saturated heterocycles. The summed E-state index contributed by atoms with van der Waals surface area (Å²) in [6, 6.07) is 15.7. The van der Waals surface area contributed by atoms with E-state index in [1.165, 1.54) is 16.0 Å². The predicted molar refractivity (Wildman–Crippen MR) is 109 cm³/mol. The van der Waals surface area contributed by atoms with Gasteiger partial charge in [0, 0.05) is 12.0 Å². The van der Waals surface area contributed by atoms with Crippen LogP contribution >= 0.6 is 0 Å². The van der Waals surface area contributed by atoms with Crippen LogP contribution in [0.1, 0.15) is 49.1 Å². The number of carboxylic acids is 1. The first-order valence-electron chi connectivity index (χ1n) is 10.5. The van der Waals surface area contributed by atoms with Gasteiger partial charge < -0.3 is 9.84 Å². The average Bonchev–Trinajstić information content (AvgIpc) is 3.29. The fraction of sp³-hybridized carbons (Fsp3) is 0.417. The molecule has 1 saturated carbocycles. The van der Waals surface area contributed by atoms with Crippen molar-refractivity contribution in [2.45, 2.75) is 50.1 Å². The van der Waals surface area contributed by atoms with E-state index in [0.29, 0.717) is 6.42 Å². The zero-order valence-electron chi connectivity index (χ0n) is 16.3. The summed E-state index contributed by atoms with van der Waals surface area (Å²) in [5.41, 5.74) is 4.68. The number of benzene rings is 2. The van der Waals surface area contributed by atoms with Crippen LogP contribution in [0.25, 0.3) is 11.1 Å². The monoisotopic (exact) mass is 391 g/mol. The van der Waals surface area contributed by atoms with E-state index in [9.17, 15) is 14.7 Å². The van der Waals surface area contributed by atoms with Crippen molar-refractivity contribution < 1.29 is 19.4 Å². The molecule has 150 valence electrons. The SMILES string of the molecule is O=C(O)[C@H]1C[C@H]2CCCC[C@@H]2N1C(=O)OCC1c2ccccc2-c2ccccc21. The van der Waals surface area contributed by atoms with E-state index in [0.717, 1.165) is 36.8 Å². The highest BCUT2D eigenvalue weighted by atomic mass is 16.6.